The Balaban J connectivity index is 1.17. The van der Waals surface area contributed by atoms with Gasteiger partial charge in [0, 0.05) is 34.6 Å². The van der Waals surface area contributed by atoms with Crippen LogP contribution in [0.25, 0.3) is 0 Å². The molecule has 5 unspecified atom stereocenters. The van der Waals surface area contributed by atoms with Crippen LogP contribution < -0.4 is 5.48 Å². The molecule has 1 heterocycles. The van der Waals surface area contributed by atoms with Crippen LogP contribution in [0, 0.1) is 38.9 Å². The van der Waals surface area contributed by atoms with Gasteiger partial charge in [-0.05, 0) is 53.8 Å². The fourth-order valence-electron chi connectivity index (χ4n) is 8.16. The Kier molecular flexibility index (Phi) is 8.34. The maximum Gasteiger partial charge on any atom is 0.327 e. The summed E-state index contributed by atoms with van der Waals surface area (Å²) < 4.78 is 6.72. The lowest BCUT2D eigenvalue weighted by atomic mass is 9.73. The van der Waals surface area contributed by atoms with Gasteiger partial charge in [-0.2, -0.15) is 5.48 Å². The van der Waals surface area contributed by atoms with Crippen molar-refractivity contribution in [2.45, 2.75) is 117 Å². The normalized spacial score (nSPS) is 42.3. The standard InChI is InChI=1S/C29H48INO7/c1-17(27(5)13-20(27)25(2,3)22-10-19(33)11-23(35)37-22)14-31-38-24(36)12-18(32)9-21(34)28(6)16-29(28)15-26(29,4)7-8-30/h17-22,31-34H,7-16H2,1-6H3/t17-,18+,19+,20?,21-,22-,26?,27?,28?,29?/m0/s1. The van der Waals surface area contributed by atoms with E-state index in [0.29, 0.717) is 24.3 Å². The van der Waals surface area contributed by atoms with E-state index in [1.165, 1.54) is 0 Å². The highest BCUT2D eigenvalue weighted by Gasteiger charge is 2.84. The van der Waals surface area contributed by atoms with Gasteiger partial charge in [0.15, 0.2) is 0 Å². The van der Waals surface area contributed by atoms with E-state index in [9.17, 15) is 24.9 Å². The minimum absolute atomic E-state index is 0.00832. The molecule has 8 nitrogen and oxygen atoms in total. The second-order valence-corrected chi connectivity index (χ2v) is 15.4. The zero-order valence-corrected chi connectivity index (χ0v) is 26.0. The van der Waals surface area contributed by atoms with Gasteiger partial charge in [-0.3, -0.25) is 9.59 Å². The zero-order valence-electron chi connectivity index (χ0n) is 23.9. The van der Waals surface area contributed by atoms with Crippen molar-refractivity contribution < 1.29 is 34.5 Å². The molecule has 4 fully saturated rings. The number of alkyl halides is 1. The zero-order chi connectivity index (χ0) is 28.3. The molecule has 218 valence electrons. The summed E-state index contributed by atoms with van der Waals surface area (Å²) in [5.41, 5.74) is 2.84. The van der Waals surface area contributed by atoms with E-state index >= 15 is 0 Å². The molecule has 1 aliphatic heterocycles. The third-order valence-corrected chi connectivity index (χ3v) is 12.0. The number of ether oxygens (including phenoxy) is 1. The van der Waals surface area contributed by atoms with Gasteiger partial charge in [0.2, 0.25) is 0 Å². The lowest BCUT2D eigenvalue weighted by Gasteiger charge is -2.40. The number of aliphatic hydroxyl groups excluding tert-OH is 3. The van der Waals surface area contributed by atoms with Gasteiger partial charge < -0.3 is 24.9 Å². The van der Waals surface area contributed by atoms with Crippen LogP contribution in [0.2, 0.25) is 0 Å². The second-order valence-electron chi connectivity index (χ2n) is 14.3. The van der Waals surface area contributed by atoms with Gasteiger partial charge in [0.05, 0.1) is 31.2 Å². The van der Waals surface area contributed by atoms with Crippen LogP contribution in [-0.2, 0) is 19.2 Å². The molecule has 10 atom stereocenters. The first-order valence-electron chi connectivity index (χ1n) is 14.3. The molecule has 3 saturated carbocycles. The third-order valence-electron chi connectivity index (χ3n) is 11.5. The van der Waals surface area contributed by atoms with E-state index < -0.39 is 24.3 Å². The van der Waals surface area contributed by atoms with Crippen molar-refractivity contribution in [1.82, 2.24) is 5.48 Å². The van der Waals surface area contributed by atoms with E-state index in [0.717, 1.165) is 30.1 Å². The molecule has 4 N–H and O–H groups in total. The molecular formula is C29H48INO7. The first-order chi connectivity index (χ1) is 17.5. The lowest BCUT2D eigenvalue weighted by Crippen LogP contribution is -2.44. The number of aliphatic hydroxyl groups is 3. The quantitative estimate of drug-likeness (QED) is 0.103. The molecule has 0 amide bonds. The first kappa shape index (κ1) is 30.5. The van der Waals surface area contributed by atoms with Crippen molar-refractivity contribution in [3.63, 3.8) is 0 Å². The van der Waals surface area contributed by atoms with E-state index in [2.05, 4.69) is 69.6 Å². The van der Waals surface area contributed by atoms with Crippen molar-refractivity contribution in [1.29, 1.82) is 0 Å². The van der Waals surface area contributed by atoms with Gasteiger partial charge in [0.1, 0.15) is 6.10 Å². The average molecular weight is 650 g/mol. The van der Waals surface area contributed by atoms with Gasteiger partial charge >= 0.3 is 11.9 Å². The van der Waals surface area contributed by atoms with E-state index in [1.807, 2.05) is 0 Å². The van der Waals surface area contributed by atoms with Crippen LogP contribution in [0.5, 0.6) is 0 Å². The fourth-order valence-corrected chi connectivity index (χ4v) is 9.35. The molecule has 0 aromatic heterocycles. The van der Waals surface area contributed by atoms with E-state index in [-0.39, 0.29) is 58.9 Å². The highest BCUT2D eigenvalue weighted by molar-refractivity contribution is 14.1. The van der Waals surface area contributed by atoms with Gasteiger partial charge in [-0.15, -0.1) is 0 Å². The van der Waals surface area contributed by atoms with Crippen LogP contribution in [-0.4, -0.2) is 62.6 Å². The number of rotatable bonds is 13. The topological polar surface area (TPSA) is 125 Å². The molecular weight excluding hydrogens is 601 g/mol. The van der Waals surface area contributed by atoms with Crippen molar-refractivity contribution in [3.05, 3.63) is 0 Å². The number of hydrogen-bond acceptors (Lipinski definition) is 8. The summed E-state index contributed by atoms with van der Waals surface area (Å²) in [4.78, 5) is 29.5. The third kappa shape index (κ3) is 5.40. The van der Waals surface area contributed by atoms with Crippen LogP contribution >= 0.6 is 22.6 Å². The summed E-state index contributed by atoms with van der Waals surface area (Å²) in [7, 11) is 0. The molecule has 38 heavy (non-hydrogen) atoms. The van der Waals surface area contributed by atoms with Crippen molar-refractivity contribution in [3.8, 4) is 0 Å². The highest BCUT2D eigenvalue weighted by atomic mass is 127. The molecule has 1 saturated heterocycles. The number of cyclic esters (lactones) is 1. The molecule has 1 spiro atoms. The van der Waals surface area contributed by atoms with Crippen LogP contribution in [0.4, 0.5) is 0 Å². The summed E-state index contributed by atoms with van der Waals surface area (Å²) >= 11 is 2.41. The van der Waals surface area contributed by atoms with Crippen LogP contribution in [0.1, 0.15) is 92.9 Å². The Labute approximate surface area is 241 Å². The molecule has 0 aromatic carbocycles. The summed E-state index contributed by atoms with van der Waals surface area (Å²) in [6.45, 7) is 13.4. The smallest absolute Gasteiger partial charge is 0.327 e. The molecule has 0 bridgehead atoms. The Morgan fingerprint density at radius 3 is 2.58 bits per heavy atom. The Bertz CT molecular complexity index is 931. The number of nitrogens with one attached hydrogen (secondary N) is 1. The predicted molar refractivity (Wildman–Crippen MR) is 151 cm³/mol. The maximum atomic E-state index is 12.4. The van der Waals surface area contributed by atoms with Crippen molar-refractivity contribution in [2.75, 3.05) is 11.0 Å². The maximum absolute atomic E-state index is 12.4. The number of esters is 1. The Hall–Kier alpha value is -0.490. The highest BCUT2D eigenvalue weighted by Crippen LogP contribution is 2.89. The number of carbonyl (C=O) groups is 2. The molecule has 4 aliphatic rings. The largest absolute Gasteiger partial charge is 0.462 e. The minimum Gasteiger partial charge on any atom is -0.462 e. The summed E-state index contributed by atoms with van der Waals surface area (Å²) in [6, 6.07) is 0. The molecule has 4 rings (SSSR count). The monoisotopic (exact) mass is 649 g/mol. The summed E-state index contributed by atoms with van der Waals surface area (Å²) in [5.74, 6) is -0.369. The second kappa shape index (κ2) is 10.4. The first-order valence-corrected chi connectivity index (χ1v) is 15.8. The van der Waals surface area contributed by atoms with Gasteiger partial charge in [-0.25, -0.2) is 0 Å². The number of hydrogen-bond donors (Lipinski definition) is 4. The number of carbonyl (C=O) groups excluding carboxylic acids is 2. The predicted octanol–water partition coefficient (Wildman–Crippen LogP) is 3.92. The summed E-state index contributed by atoms with van der Waals surface area (Å²) in [5, 5.41) is 31.4. The molecule has 0 aromatic rings. The van der Waals surface area contributed by atoms with Crippen LogP contribution in [0.3, 0.4) is 0 Å². The van der Waals surface area contributed by atoms with Gasteiger partial charge in [-0.1, -0.05) is 64.1 Å². The molecule has 3 aliphatic carbocycles. The average Bonchev–Trinajstić information content (AvgIpc) is 3.73. The SMILES string of the molecule is C[C@@H](CNOC(=O)C[C@H](O)C[C@H](O)C1(C)CC12CC2(C)CCI)C1(C)CC1C(C)(C)[C@@H]1C[C@@H](O)CC(=O)O1. The van der Waals surface area contributed by atoms with Crippen molar-refractivity contribution in [2.24, 2.45) is 38.9 Å². The van der Waals surface area contributed by atoms with Crippen LogP contribution in [0.15, 0.2) is 0 Å². The summed E-state index contributed by atoms with van der Waals surface area (Å²) in [6.07, 6.45) is 2.26. The van der Waals surface area contributed by atoms with E-state index in [1.54, 1.807) is 0 Å². The van der Waals surface area contributed by atoms with Gasteiger partial charge in [0.25, 0.3) is 0 Å². The fraction of sp³-hybridized carbons (Fsp3) is 0.931. The number of hydroxylamine groups is 1. The molecule has 0 radical (unpaired) electrons. The Morgan fingerprint density at radius 2 is 1.95 bits per heavy atom. The Morgan fingerprint density at radius 1 is 1.26 bits per heavy atom. The van der Waals surface area contributed by atoms with Crippen molar-refractivity contribution >= 4 is 34.5 Å². The molecule has 9 heteroatoms. The lowest BCUT2D eigenvalue weighted by molar-refractivity contribution is -0.171. The minimum atomic E-state index is -0.944. The number of halogens is 1. The van der Waals surface area contributed by atoms with E-state index in [4.69, 9.17) is 9.57 Å².